The summed E-state index contributed by atoms with van der Waals surface area (Å²) in [6.07, 6.45) is 1.37. The van der Waals surface area contributed by atoms with Gasteiger partial charge in [-0.2, -0.15) is 9.37 Å². The monoisotopic (exact) mass is 282 g/mol. The van der Waals surface area contributed by atoms with Gasteiger partial charge in [0.1, 0.15) is 6.61 Å². The van der Waals surface area contributed by atoms with E-state index in [-0.39, 0.29) is 10.5 Å². The van der Waals surface area contributed by atoms with Gasteiger partial charge >= 0.3 is 0 Å². The fraction of sp³-hybridized carbons (Fsp3) is 0.0909. The lowest BCUT2D eigenvalue weighted by Gasteiger charge is -2.04. The molecule has 0 aliphatic carbocycles. The van der Waals surface area contributed by atoms with Crippen LogP contribution in [0.5, 0.6) is 5.88 Å². The van der Waals surface area contributed by atoms with Crippen LogP contribution in [0.4, 0.5) is 4.39 Å². The van der Waals surface area contributed by atoms with Crippen molar-refractivity contribution in [1.29, 1.82) is 0 Å². The number of halogens is 2. The van der Waals surface area contributed by atoms with Crippen LogP contribution in [-0.4, -0.2) is 9.97 Å². The van der Waals surface area contributed by atoms with E-state index in [1.165, 1.54) is 6.20 Å². The minimum atomic E-state index is -0.675. The molecular formula is C11H8BrFN2O. The first-order chi connectivity index (χ1) is 7.75. The molecule has 82 valence electrons. The van der Waals surface area contributed by atoms with Crippen molar-refractivity contribution >= 4 is 15.9 Å². The minimum absolute atomic E-state index is 0.0829. The van der Waals surface area contributed by atoms with E-state index < -0.39 is 5.95 Å². The van der Waals surface area contributed by atoms with Gasteiger partial charge in [0.2, 0.25) is 11.8 Å². The second-order valence-corrected chi connectivity index (χ2v) is 3.82. The molecule has 0 N–H and O–H groups in total. The van der Waals surface area contributed by atoms with Crippen LogP contribution in [0.1, 0.15) is 5.56 Å². The molecule has 1 heterocycles. The molecule has 2 rings (SSSR count). The lowest BCUT2D eigenvalue weighted by molar-refractivity contribution is 0.287. The van der Waals surface area contributed by atoms with Crippen molar-refractivity contribution < 1.29 is 9.13 Å². The van der Waals surface area contributed by atoms with Gasteiger partial charge in [0.25, 0.3) is 0 Å². The molecular weight excluding hydrogens is 275 g/mol. The number of aromatic nitrogens is 2. The topological polar surface area (TPSA) is 35.0 Å². The SMILES string of the molecule is Fc1nc(OCc2ccccc2)cnc1Br. The standard InChI is InChI=1S/C11H8BrFN2O/c12-10-11(13)15-9(6-14-10)16-7-8-4-2-1-3-5-8/h1-6H,7H2. The Labute approximate surface area is 100 Å². The van der Waals surface area contributed by atoms with E-state index in [1.54, 1.807) is 0 Å². The summed E-state index contributed by atoms with van der Waals surface area (Å²) in [6.45, 7) is 0.344. The highest BCUT2D eigenvalue weighted by molar-refractivity contribution is 9.10. The van der Waals surface area contributed by atoms with Gasteiger partial charge in [-0.25, -0.2) is 4.98 Å². The van der Waals surface area contributed by atoms with Crippen LogP contribution in [0, 0.1) is 5.95 Å². The number of benzene rings is 1. The van der Waals surface area contributed by atoms with E-state index in [0.717, 1.165) is 5.56 Å². The summed E-state index contributed by atoms with van der Waals surface area (Å²) in [7, 11) is 0. The molecule has 0 saturated carbocycles. The highest BCUT2D eigenvalue weighted by atomic mass is 79.9. The fourth-order valence-corrected chi connectivity index (χ4v) is 1.33. The number of hydrogen-bond donors (Lipinski definition) is 0. The molecule has 3 nitrogen and oxygen atoms in total. The quantitative estimate of drug-likeness (QED) is 0.868. The maximum absolute atomic E-state index is 13.0. The van der Waals surface area contributed by atoms with Gasteiger partial charge in [0.15, 0.2) is 4.60 Å². The first-order valence-corrected chi connectivity index (χ1v) is 5.40. The molecule has 2 aromatic rings. The molecule has 0 saturated heterocycles. The summed E-state index contributed by atoms with van der Waals surface area (Å²) < 4.78 is 18.4. The highest BCUT2D eigenvalue weighted by Gasteiger charge is 2.04. The van der Waals surface area contributed by atoms with Crippen molar-refractivity contribution in [2.75, 3.05) is 0 Å². The molecule has 16 heavy (non-hydrogen) atoms. The Morgan fingerprint density at radius 1 is 1.25 bits per heavy atom. The van der Waals surface area contributed by atoms with Crippen LogP contribution in [0.15, 0.2) is 41.1 Å². The number of nitrogens with zero attached hydrogens (tertiary/aromatic N) is 2. The average molecular weight is 283 g/mol. The van der Waals surface area contributed by atoms with E-state index in [1.807, 2.05) is 30.3 Å². The summed E-state index contributed by atoms with van der Waals surface area (Å²) in [5.41, 5.74) is 0.993. The summed E-state index contributed by atoms with van der Waals surface area (Å²) >= 11 is 2.92. The lowest BCUT2D eigenvalue weighted by Crippen LogP contribution is -1.99. The van der Waals surface area contributed by atoms with Crippen LogP contribution >= 0.6 is 15.9 Å². The molecule has 0 unspecified atom stereocenters. The van der Waals surface area contributed by atoms with Crippen LogP contribution in [0.2, 0.25) is 0 Å². The van der Waals surface area contributed by atoms with E-state index in [4.69, 9.17) is 4.74 Å². The summed E-state index contributed by atoms with van der Waals surface area (Å²) in [6, 6.07) is 9.58. The number of hydrogen-bond acceptors (Lipinski definition) is 3. The van der Waals surface area contributed by atoms with Gasteiger partial charge in [-0.1, -0.05) is 30.3 Å². The number of rotatable bonds is 3. The first-order valence-electron chi connectivity index (χ1n) is 4.60. The van der Waals surface area contributed by atoms with Gasteiger partial charge in [0.05, 0.1) is 6.20 Å². The fourth-order valence-electron chi connectivity index (χ4n) is 1.14. The molecule has 0 atom stereocenters. The van der Waals surface area contributed by atoms with Crippen molar-refractivity contribution in [3.63, 3.8) is 0 Å². The molecule has 0 radical (unpaired) electrons. The smallest absolute Gasteiger partial charge is 0.249 e. The second-order valence-electron chi connectivity index (χ2n) is 3.06. The van der Waals surface area contributed by atoms with Gasteiger partial charge in [-0.05, 0) is 21.5 Å². The Hall–Kier alpha value is -1.49. The first kappa shape index (κ1) is 11.0. The average Bonchev–Trinajstić information content (AvgIpc) is 2.32. The third kappa shape index (κ3) is 2.76. The molecule has 5 heteroatoms. The minimum Gasteiger partial charge on any atom is -0.472 e. The Kier molecular flexibility index (Phi) is 3.46. The Morgan fingerprint density at radius 2 is 2.00 bits per heavy atom. The zero-order chi connectivity index (χ0) is 11.4. The van der Waals surface area contributed by atoms with Crippen LogP contribution < -0.4 is 4.74 Å². The van der Waals surface area contributed by atoms with Crippen molar-refractivity contribution in [3.8, 4) is 5.88 Å². The summed E-state index contributed by atoms with van der Waals surface area (Å²) in [4.78, 5) is 7.33. The molecule has 1 aromatic heterocycles. The normalized spacial score (nSPS) is 10.1. The third-order valence-corrected chi connectivity index (χ3v) is 2.43. The van der Waals surface area contributed by atoms with E-state index >= 15 is 0 Å². The third-order valence-electron chi connectivity index (χ3n) is 1.90. The van der Waals surface area contributed by atoms with Crippen molar-refractivity contribution in [1.82, 2.24) is 9.97 Å². The molecule has 0 fully saturated rings. The predicted molar refractivity (Wildman–Crippen MR) is 60.5 cm³/mol. The maximum Gasteiger partial charge on any atom is 0.249 e. The van der Waals surface area contributed by atoms with Crippen molar-refractivity contribution in [2.24, 2.45) is 0 Å². The summed E-state index contributed by atoms with van der Waals surface area (Å²) in [5, 5.41) is 0. The van der Waals surface area contributed by atoms with Gasteiger partial charge in [-0.15, -0.1) is 0 Å². The molecule has 0 bridgehead atoms. The molecule has 1 aromatic carbocycles. The Balaban J connectivity index is 2.03. The second kappa shape index (κ2) is 5.03. The largest absolute Gasteiger partial charge is 0.472 e. The maximum atomic E-state index is 13.0. The Bertz CT molecular complexity index is 479. The van der Waals surface area contributed by atoms with Gasteiger partial charge in [-0.3, -0.25) is 0 Å². The molecule has 0 spiro atoms. The summed E-state index contributed by atoms with van der Waals surface area (Å²) in [5.74, 6) is -0.505. The van der Waals surface area contributed by atoms with E-state index in [9.17, 15) is 4.39 Å². The predicted octanol–water partition coefficient (Wildman–Crippen LogP) is 2.96. The van der Waals surface area contributed by atoms with Crippen molar-refractivity contribution in [2.45, 2.75) is 6.61 Å². The van der Waals surface area contributed by atoms with E-state index in [2.05, 4.69) is 25.9 Å². The van der Waals surface area contributed by atoms with Crippen LogP contribution in [-0.2, 0) is 6.61 Å². The number of ether oxygens (including phenoxy) is 1. The molecule has 0 aliphatic heterocycles. The Morgan fingerprint density at radius 3 is 2.69 bits per heavy atom. The van der Waals surface area contributed by atoms with Crippen LogP contribution in [0.25, 0.3) is 0 Å². The zero-order valence-corrected chi connectivity index (χ0v) is 9.82. The molecule has 0 amide bonds. The van der Waals surface area contributed by atoms with Gasteiger partial charge in [0, 0.05) is 0 Å². The highest BCUT2D eigenvalue weighted by Crippen LogP contribution is 2.14. The van der Waals surface area contributed by atoms with E-state index in [0.29, 0.717) is 6.61 Å². The van der Waals surface area contributed by atoms with Crippen LogP contribution in [0.3, 0.4) is 0 Å². The van der Waals surface area contributed by atoms with Gasteiger partial charge < -0.3 is 4.74 Å². The van der Waals surface area contributed by atoms with Crippen molar-refractivity contribution in [3.05, 3.63) is 52.6 Å². The molecule has 0 aliphatic rings. The zero-order valence-electron chi connectivity index (χ0n) is 8.23. The lowest BCUT2D eigenvalue weighted by atomic mass is 10.2.